The van der Waals surface area contributed by atoms with Gasteiger partial charge >= 0.3 is 6.09 Å². The molecule has 2 amide bonds. The fourth-order valence-electron chi connectivity index (χ4n) is 4.93. The van der Waals surface area contributed by atoms with Crippen LogP contribution in [0.4, 0.5) is 4.79 Å². The summed E-state index contributed by atoms with van der Waals surface area (Å²) in [5.41, 5.74) is -0.165. The van der Waals surface area contributed by atoms with Gasteiger partial charge in [-0.1, -0.05) is 23.7 Å². The van der Waals surface area contributed by atoms with E-state index in [1.165, 1.54) is 0 Å². The van der Waals surface area contributed by atoms with Crippen LogP contribution in [0.2, 0.25) is 5.02 Å². The Morgan fingerprint density at radius 1 is 1.27 bits per heavy atom. The van der Waals surface area contributed by atoms with Crippen LogP contribution in [0.3, 0.4) is 0 Å². The number of rotatable bonds is 5. The normalized spacial score (nSPS) is 21.1. The summed E-state index contributed by atoms with van der Waals surface area (Å²) in [6.07, 6.45) is 2.94. The second-order valence-corrected chi connectivity index (χ2v) is 11.1. The van der Waals surface area contributed by atoms with Crippen LogP contribution in [0, 0.1) is 5.92 Å². The number of hydrogen-bond acceptors (Lipinski definition) is 4. The van der Waals surface area contributed by atoms with Crippen LogP contribution in [0.5, 0.6) is 0 Å². The Kier molecular flexibility index (Phi) is 8.33. The van der Waals surface area contributed by atoms with Crippen LogP contribution < -0.4 is 0 Å². The van der Waals surface area contributed by atoms with E-state index in [1.54, 1.807) is 4.90 Å². The summed E-state index contributed by atoms with van der Waals surface area (Å²) in [4.78, 5) is 30.6. The van der Waals surface area contributed by atoms with Crippen LogP contribution in [0.1, 0.15) is 65.9 Å². The number of carbonyl (C=O) groups excluding carboxylic acids is 2. The minimum absolute atomic E-state index is 0.0271. The molecule has 2 fully saturated rings. The molecule has 6 nitrogen and oxygen atoms in total. The molecule has 0 bridgehead atoms. The van der Waals surface area contributed by atoms with Crippen molar-refractivity contribution in [2.24, 2.45) is 5.92 Å². The standard InChI is InChI=1S/C26H39ClN2O4/c1-19(2)29(24(31)33-25(3,4)5)18-20-8-7-13-28(17-20)23(30)26(11-14-32-15-12-26)21-9-6-10-22(27)16-21/h6,9-10,16,19-20H,7-8,11-15,17-18H2,1-5H3. The molecule has 2 aliphatic heterocycles. The van der Waals surface area contributed by atoms with Crippen LogP contribution in [0.25, 0.3) is 0 Å². The number of benzene rings is 1. The van der Waals surface area contributed by atoms with E-state index in [4.69, 9.17) is 21.1 Å². The maximum Gasteiger partial charge on any atom is 0.410 e. The minimum Gasteiger partial charge on any atom is -0.444 e. The number of piperidine rings is 1. The van der Waals surface area contributed by atoms with Gasteiger partial charge in [-0.2, -0.15) is 0 Å². The van der Waals surface area contributed by atoms with E-state index in [0.29, 0.717) is 44.2 Å². The van der Waals surface area contributed by atoms with E-state index in [1.807, 2.05) is 63.8 Å². The first-order valence-electron chi connectivity index (χ1n) is 12.1. The third-order valence-electron chi connectivity index (χ3n) is 6.65. The monoisotopic (exact) mass is 478 g/mol. The van der Waals surface area contributed by atoms with Crippen molar-refractivity contribution in [3.05, 3.63) is 34.9 Å². The smallest absolute Gasteiger partial charge is 0.410 e. The zero-order chi connectivity index (χ0) is 24.2. The summed E-state index contributed by atoms with van der Waals surface area (Å²) < 4.78 is 11.3. The summed E-state index contributed by atoms with van der Waals surface area (Å²) in [6, 6.07) is 7.73. The quantitative estimate of drug-likeness (QED) is 0.578. The minimum atomic E-state index is -0.603. The van der Waals surface area contributed by atoms with E-state index >= 15 is 0 Å². The molecular weight excluding hydrogens is 440 g/mol. The van der Waals surface area contributed by atoms with Crippen LogP contribution in [-0.4, -0.2) is 66.3 Å². The highest BCUT2D eigenvalue weighted by Gasteiger charge is 2.45. The number of nitrogens with zero attached hydrogens (tertiary/aromatic N) is 2. The van der Waals surface area contributed by atoms with Gasteiger partial charge in [-0.3, -0.25) is 4.79 Å². The maximum atomic E-state index is 14.0. The predicted molar refractivity (Wildman–Crippen MR) is 131 cm³/mol. The Bertz CT molecular complexity index is 830. The third kappa shape index (κ3) is 6.42. The number of hydrogen-bond donors (Lipinski definition) is 0. The van der Waals surface area contributed by atoms with E-state index in [-0.39, 0.29) is 24.0 Å². The molecule has 3 rings (SSSR count). The van der Waals surface area contributed by atoms with Crippen molar-refractivity contribution >= 4 is 23.6 Å². The number of carbonyl (C=O) groups is 2. The summed E-state index contributed by atoms with van der Waals surface area (Å²) in [6.45, 7) is 12.8. The van der Waals surface area contributed by atoms with Gasteiger partial charge < -0.3 is 19.3 Å². The highest BCUT2D eigenvalue weighted by Crippen LogP contribution is 2.39. The molecule has 0 aromatic heterocycles. The molecule has 1 unspecified atom stereocenters. The summed E-state index contributed by atoms with van der Waals surface area (Å²) >= 11 is 6.30. The fourth-order valence-corrected chi connectivity index (χ4v) is 5.12. The van der Waals surface area contributed by atoms with Gasteiger partial charge in [-0.05, 0) is 83.9 Å². The molecule has 1 aromatic carbocycles. The highest BCUT2D eigenvalue weighted by atomic mass is 35.5. The molecule has 33 heavy (non-hydrogen) atoms. The lowest BCUT2D eigenvalue weighted by atomic mass is 9.72. The van der Waals surface area contributed by atoms with Gasteiger partial charge in [0.25, 0.3) is 0 Å². The zero-order valence-electron chi connectivity index (χ0n) is 20.7. The molecular formula is C26H39ClN2O4. The number of halogens is 1. The lowest BCUT2D eigenvalue weighted by molar-refractivity contribution is -0.143. The van der Waals surface area contributed by atoms with Gasteiger partial charge in [0.15, 0.2) is 0 Å². The maximum absolute atomic E-state index is 14.0. The van der Waals surface area contributed by atoms with Crippen molar-refractivity contribution < 1.29 is 19.1 Å². The first-order valence-corrected chi connectivity index (χ1v) is 12.5. The van der Waals surface area contributed by atoms with Crippen molar-refractivity contribution in [3.8, 4) is 0 Å². The Labute approximate surface area is 203 Å². The first kappa shape index (κ1) is 25.8. The average Bonchev–Trinajstić information content (AvgIpc) is 2.76. The van der Waals surface area contributed by atoms with Gasteiger partial charge in [0.2, 0.25) is 5.91 Å². The topological polar surface area (TPSA) is 59.1 Å². The molecule has 2 heterocycles. The van der Waals surface area contributed by atoms with Gasteiger partial charge in [0.1, 0.15) is 5.60 Å². The molecule has 0 spiro atoms. The average molecular weight is 479 g/mol. The van der Waals surface area contributed by atoms with Crippen molar-refractivity contribution in [2.45, 2.75) is 77.4 Å². The summed E-state index contributed by atoms with van der Waals surface area (Å²) in [7, 11) is 0. The molecule has 2 saturated heterocycles. The van der Waals surface area contributed by atoms with E-state index in [9.17, 15) is 9.59 Å². The lowest BCUT2D eigenvalue weighted by Crippen LogP contribution is -2.54. The number of ether oxygens (including phenoxy) is 2. The molecule has 184 valence electrons. The highest BCUT2D eigenvalue weighted by molar-refractivity contribution is 6.30. The van der Waals surface area contributed by atoms with Gasteiger partial charge in [0.05, 0.1) is 5.41 Å². The second-order valence-electron chi connectivity index (χ2n) is 10.7. The van der Waals surface area contributed by atoms with Crippen LogP contribution in [0.15, 0.2) is 24.3 Å². The molecule has 2 aliphatic rings. The fraction of sp³-hybridized carbons (Fsp3) is 0.692. The Balaban J connectivity index is 1.76. The molecule has 0 N–H and O–H groups in total. The summed E-state index contributed by atoms with van der Waals surface area (Å²) in [5.74, 6) is 0.375. The number of likely N-dealkylation sites (tertiary alicyclic amines) is 1. The van der Waals surface area contributed by atoms with Crippen molar-refractivity contribution in [1.82, 2.24) is 9.80 Å². The zero-order valence-corrected chi connectivity index (χ0v) is 21.5. The predicted octanol–water partition coefficient (Wildman–Crippen LogP) is 5.27. The Morgan fingerprint density at radius 3 is 2.58 bits per heavy atom. The SMILES string of the molecule is CC(C)N(CC1CCCN(C(=O)C2(c3cccc(Cl)c3)CCOCC2)C1)C(=O)OC(C)(C)C. The lowest BCUT2D eigenvalue weighted by Gasteiger charge is -2.43. The number of amides is 2. The molecule has 1 atom stereocenters. The largest absolute Gasteiger partial charge is 0.444 e. The van der Waals surface area contributed by atoms with Crippen molar-refractivity contribution in [3.63, 3.8) is 0 Å². The van der Waals surface area contributed by atoms with Gasteiger partial charge in [-0.25, -0.2) is 4.79 Å². The van der Waals surface area contributed by atoms with Gasteiger partial charge in [0, 0.05) is 43.9 Å². The molecule has 7 heteroatoms. The van der Waals surface area contributed by atoms with E-state index < -0.39 is 11.0 Å². The van der Waals surface area contributed by atoms with Crippen LogP contribution in [-0.2, 0) is 19.7 Å². The summed E-state index contributed by atoms with van der Waals surface area (Å²) in [5, 5.41) is 0.646. The first-order chi connectivity index (χ1) is 15.5. The molecule has 1 aromatic rings. The molecule has 0 saturated carbocycles. The van der Waals surface area contributed by atoms with E-state index in [2.05, 4.69) is 0 Å². The Hall–Kier alpha value is -1.79. The van der Waals surface area contributed by atoms with Crippen molar-refractivity contribution in [2.75, 3.05) is 32.8 Å². The van der Waals surface area contributed by atoms with E-state index in [0.717, 1.165) is 24.9 Å². The van der Waals surface area contributed by atoms with Crippen molar-refractivity contribution in [1.29, 1.82) is 0 Å². The van der Waals surface area contributed by atoms with Crippen LogP contribution >= 0.6 is 11.6 Å². The third-order valence-corrected chi connectivity index (χ3v) is 6.88. The Morgan fingerprint density at radius 2 is 1.97 bits per heavy atom. The van der Waals surface area contributed by atoms with Gasteiger partial charge in [-0.15, -0.1) is 0 Å². The molecule has 0 radical (unpaired) electrons. The second kappa shape index (κ2) is 10.6. The molecule has 0 aliphatic carbocycles.